The molecule has 0 unspecified atom stereocenters. The number of hydrogen-bond acceptors (Lipinski definition) is 3. The van der Waals surface area contributed by atoms with Crippen molar-refractivity contribution in [2.45, 2.75) is 13.5 Å². The third-order valence-electron chi connectivity index (χ3n) is 3.76. The molecule has 0 aliphatic heterocycles. The molecule has 23 heavy (non-hydrogen) atoms. The molecule has 1 aromatic heterocycles. The fraction of sp³-hybridized carbons (Fsp3) is 0.150. The second kappa shape index (κ2) is 6.97. The minimum atomic E-state index is 0.691. The van der Waals surface area contributed by atoms with Crippen LogP contribution in [0, 0.1) is 6.92 Å². The van der Waals surface area contributed by atoms with Gasteiger partial charge < -0.3 is 10.1 Å². The average Bonchev–Trinajstić information content (AvgIpc) is 2.61. The van der Waals surface area contributed by atoms with E-state index < -0.39 is 0 Å². The Morgan fingerprint density at radius 3 is 2.61 bits per heavy atom. The van der Waals surface area contributed by atoms with Crippen molar-refractivity contribution in [3.8, 4) is 17.0 Å². The Balaban J connectivity index is 1.86. The van der Waals surface area contributed by atoms with E-state index in [1.54, 1.807) is 7.11 Å². The molecule has 0 amide bonds. The normalized spacial score (nSPS) is 10.3. The zero-order valence-corrected chi connectivity index (χ0v) is 13.4. The molecule has 3 aromatic rings. The summed E-state index contributed by atoms with van der Waals surface area (Å²) in [5, 5.41) is 3.49. The number of methoxy groups -OCH3 is 1. The van der Waals surface area contributed by atoms with Gasteiger partial charge in [0, 0.05) is 23.9 Å². The van der Waals surface area contributed by atoms with Gasteiger partial charge in [0.25, 0.3) is 0 Å². The molecule has 0 bridgehead atoms. The first-order chi connectivity index (χ1) is 11.3. The zero-order chi connectivity index (χ0) is 16.1. The molecule has 116 valence electrons. The van der Waals surface area contributed by atoms with Crippen LogP contribution in [0.2, 0.25) is 0 Å². The van der Waals surface area contributed by atoms with Crippen LogP contribution in [-0.2, 0) is 6.54 Å². The summed E-state index contributed by atoms with van der Waals surface area (Å²) in [6.45, 7) is 2.78. The molecule has 0 atom stereocenters. The molecule has 3 rings (SSSR count). The molecule has 0 saturated carbocycles. The molecule has 1 heterocycles. The lowest BCUT2D eigenvalue weighted by Gasteiger charge is -2.14. The van der Waals surface area contributed by atoms with Gasteiger partial charge in [0.05, 0.1) is 18.5 Å². The summed E-state index contributed by atoms with van der Waals surface area (Å²) >= 11 is 0. The number of hydrogen-bond donors (Lipinski definition) is 1. The highest BCUT2D eigenvalue weighted by Gasteiger charge is 2.08. The first kappa shape index (κ1) is 15.1. The lowest BCUT2D eigenvalue weighted by Crippen LogP contribution is -2.04. The van der Waals surface area contributed by atoms with E-state index in [0.717, 1.165) is 28.3 Å². The lowest BCUT2D eigenvalue weighted by atomic mass is 10.1. The van der Waals surface area contributed by atoms with Gasteiger partial charge in [-0.1, -0.05) is 48.0 Å². The molecule has 0 aliphatic rings. The van der Waals surface area contributed by atoms with Crippen molar-refractivity contribution < 1.29 is 4.74 Å². The predicted octanol–water partition coefficient (Wildman–Crippen LogP) is 4.68. The van der Waals surface area contributed by atoms with Gasteiger partial charge in [-0.2, -0.15) is 0 Å². The molecule has 0 aliphatic carbocycles. The largest absolute Gasteiger partial charge is 0.496 e. The van der Waals surface area contributed by atoms with Crippen LogP contribution in [0.5, 0.6) is 5.75 Å². The number of pyridine rings is 1. The van der Waals surface area contributed by atoms with Crippen molar-refractivity contribution in [1.29, 1.82) is 0 Å². The van der Waals surface area contributed by atoms with Crippen LogP contribution in [0.3, 0.4) is 0 Å². The Labute approximate surface area is 137 Å². The van der Waals surface area contributed by atoms with Gasteiger partial charge in [0.2, 0.25) is 0 Å². The Kier molecular flexibility index (Phi) is 4.57. The fourth-order valence-electron chi connectivity index (χ4n) is 2.61. The van der Waals surface area contributed by atoms with Crippen LogP contribution in [0.4, 0.5) is 5.69 Å². The average molecular weight is 304 g/mol. The molecule has 0 radical (unpaired) electrons. The molecular formula is C20H20N2O. The summed E-state index contributed by atoms with van der Waals surface area (Å²) < 4.78 is 5.45. The van der Waals surface area contributed by atoms with Gasteiger partial charge in [-0.05, 0) is 25.1 Å². The number of anilines is 1. The van der Waals surface area contributed by atoms with Gasteiger partial charge in [0.1, 0.15) is 5.75 Å². The first-order valence-electron chi connectivity index (χ1n) is 7.66. The van der Waals surface area contributed by atoms with Crippen LogP contribution in [0.15, 0.2) is 66.9 Å². The summed E-state index contributed by atoms with van der Waals surface area (Å²) in [6, 6.07) is 20.4. The molecule has 0 spiro atoms. The third-order valence-corrected chi connectivity index (χ3v) is 3.76. The second-order valence-corrected chi connectivity index (χ2v) is 5.43. The SMILES string of the molecule is COc1ccc(C)cc1CNc1cccnc1-c1ccccc1. The van der Waals surface area contributed by atoms with Crippen molar-refractivity contribution in [3.63, 3.8) is 0 Å². The molecule has 3 nitrogen and oxygen atoms in total. The van der Waals surface area contributed by atoms with Crippen LogP contribution >= 0.6 is 0 Å². The predicted molar refractivity (Wildman–Crippen MR) is 94.7 cm³/mol. The van der Waals surface area contributed by atoms with Gasteiger partial charge in [-0.25, -0.2) is 0 Å². The van der Waals surface area contributed by atoms with Crippen molar-refractivity contribution in [2.75, 3.05) is 12.4 Å². The highest BCUT2D eigenvalue weighted by molar-refractivity contribution is 5.74. The fourth-order valence-corrected chi connectivity index (χ4v) is 2.61. The number of aryl methyl sites for hydroxylation is 1. The molecule has 1 N–H and O–H groups in total. The number of benzene rings is 2. The van der Waals surface area contributed by atoms with E-state index >= 15 is 0 Å². The third kappa shape index (κ3) is 3.51. The van der Waals surface area contributed by atoms with Crippen LogP contribution in [-0.4, -0.2) is 12.1 Å². The number of aromatic nitrogens is 1. The van der Waals surface area contributed by atoms with Crippen LogP contribution in [0.1, 0.15) is 11.1 Å². The van der Waals surface area contributed by atoms with Crippen molar-refractivity contribution in [2.24, 2.45) is 0 Å². The number of ether oxygens (including phenoxy) is 1. The minimum absolute atomic E-state index is 0.691. The molecular weight excluding hydrogens is 284 g/mol. The van der Waals surface area contributed by atoms with E-state index in [-0.39, 0.29) is 0 Å². The molecule has 0 fully saturated rings. The minimum Gasteiger partial charge on any atom is -0.496 e. The van der Waals surface area contributed by atoms with E-state index in [9.17, 15) is 0 Å². The Hall–Kier alpha value is -2.81. The quantitative estimate of drug-likeness (QED) is 0.743. The number of nitrogens with one attached hydrogen (secondary N) is 1. The second-order valence-electron chi connectivity index (χ2n) is 5.43. The maximum atomic E-state index is 5.45. The van der Waals surface area contributed by atoms with E-state index in [4.69, 9.17) is 4.74 Å². The van der Waals surface area contributed by atoms with E-state index in [1.807, 2.05) is 36.5 Å². The maximum Gasteiger partial charge on any atom is 0.123 e. The highest BCUT2D eigenvalue weighted by Crippen LogP contribution is 2.27. The zero-order valence-electron chi connectivity index (χ0n) is 13.4. The summed E-state index contributed by atoms with van der Waals surface area (Å²) in [4.78, 5) is 4.53. The van der Waals surface area contributed by atoms with Crippen molar-refractivity contribution >= 4 is 5.69 Å². The number of rotatable bonds is 5. The van der Waals surface area contributed by atoms with E-state index in [2.05, 4.69) is 47.6 Å². The van der Waals surface area contributed by atoms with Crippen LogP contribution < -0.4 is 10.1 Å². The Morgan fingerprint density at radius 1 is 1.00 bits per heavy atom. The Morgan fingerprint density at radius 2 is 1.83 bits per heavy atom. The van der Waals surface area contributed by atoms with Crippen molar-refractivity contribution in [1.82, 2.24) is 4.98 Å². The highest BCUT2D eigenvalue weighted by atomic mass is 16.5. The monoisotopic (exact) mass is 304 g/mol. The van der Waals surface area contributed by atoms with Gasteiger partial charge in [0.15, 0.2) is 0 Å². The lowest BCUT2D eigenvalue weighted by molar-refractivity contribution is 0.410. The van der Waals surface area contributed by atoms with Gasteiger partial charge in [-0.3, -0.25) is 4.98 Å². The van der Waals surface area contributed by atoms with E-state index in [0.29, 0.717) is 6.54 Å². The van der Waals surface area contributed by atoms with Gasteiger partial charge in [-0.15, -0.1) is 0 Å². The summed E-state index contributed by atoms with van der Waals surface area (Å²) in [7, 11) is 1.70. The smallest absolute Gasteiger partial charge is 0.123 e. The Bertz CT molecular complexity index is 785. The first-order valence-corrected chi connectivity index (χ1v) is 7.66. The molecule has 3 heteroatoms. The van der Waals surface area contributed by atoms with Crippen molar-refractivity contribution in [3.05, 3.63) is 78.0 Å². The topological polar surface area (TPSA) is 34.1 Å². The maximum absolute atomic E-state index is 5.45. The summed E-state index contributed by atoms with van der Waals surface area (Å²) in [6.07, 6.45) is 1.82. The standard InChI is InChI=1S/C20H20N2O/c1-15-10-11-19(23-2)17(13-15)14-22-18-9-6-12-21-20(18)16-7-4-3-5-8-16/h3-13,22H,14H2,1-2H3. The molecule has 2 aromatic carbocycles. The molecule has 0 saturated heterocycles. The van der Waals surface area contributed by atoms with Gasteiger partial charge >= 0.3 is 0 Å². The summed E-state index contributed by atoms with van der Waals surface area (Å²) in [5.74, 6) is 0.897. The van der Waals surface area contributed by atoms with Crippen LogP contribution in [0.25, 0.3) is 11.3 Å². The summed E-state index contributed by atoms with van der Waals surface area (Å²) in [5.41, 5.74) is 5.43. The van der Waals surface area contributed by atoms with E-state index in [1.165, 1.54) is 5.56 Å². The number of nitrogens with zero attached hydrogens (tertiary/aromatic N) is 1.